The first kappa shape index (κ1) is 12.3. The van der Waals surface area contributed by atoms with Gasteiger partial charge in [0.15, 0.2) is 0 Å². The summed E-state index contributed by atoms with van der Waals surface area (Å²) in [5, 5.41) is 4.70. The Bertz CT molecular complexity index is 582. The number of rotatable bonds is 4. The largest absolute Gasteiger partial charge is 0.396 e. The van der Waals surface area contributed by atoms with Gasteiger partial charge in [0, 0.05) is 11.9 Å². The van der Waals surface area contributed by atoms with E-state index >= 15 is 0 Å². The predicted octanol–water partition coefficient (Wildman–Crippen LogP) is 3.81. The van der Waals surface area contributed by atoms with Crippen LogP contribution in [0.2, 0.25) is 0 Å². The van der Waals surface area contributed by atoms with Crippen LogP contribution in [-0.4, -0.2) is 11.5 Å². The molecule has 2 aromatic rings. The summed E-state index contributed by atoms with van der Waals surface area (Å²) in [6.45, 7) is 3.30. The second kappa shape index (κ2) is 4.72. The van der Waals surface area contributed by atoms with E-state index in [1.807, 2.05) is 18.2 Å². The minimum Gasteiger partial charge on any atom is -0.396 e. The fourth-order valence-corrected chi connectivity index (χ4v) is 2.96. The molecule has 1 aliphatic carbocycles. The lowest BCUT2D eigenvalue weighted by Crippen LogP contribution is -2.36. The van der Waals surface area contributed by atoms with Gasteiger partial charge in [0.05, 0.1) is 23.1 Å². The average Bonchev–Trinajstić information content (AvgIpc) is 2.40. The second-order valence-corrected chi connectivity index (χ2v) is 5.67. The molecule has 3 heteroatoms. The molecule has 3 rings (SSSR count). The molecular weight excluding hydrogens is 234 g/mol. The third kappa shape index (κ3) is 2.14. The van der Waals surface area contributed by atoms with Crippen molar-refractivity contribution in [3.63, 3.8) is 0 Å². The van der Waals surface area contributed by atoms with E-state index in [1.165, 1.54) is 25.7 Å². The van der Waals surface area contributed by atoms with Crippen LogP contribution in [-0.2, 0) is 0 Å². The van der Waals surface area contributed by atoms with E-state index in [1.54, 1.807) is 6.20 Å². The average molecular weight is 255 g/mol. The highest BCUT2D eigenvalue weighted by molar-refractivity contribution is 5.96. The van der Waals surface area contributed by atoms with Crippen LogP contribution in [0.3, 0.4) is 0 Å². The topological polar surface area (TPSA) is 50.9 Å². The molecule has 1 saturated carbocycles. The number of nitrogens with one attached hydrogen (secondary N) is 1. The van der Waals surface area contributed by atoms with Crippen molar-refractivity contribution in [2.75, 3.05) is 17.6 Å². The maximum absolute atomic E-state index is 6.09. The number of anilines is 2. The molecule has 1 heterocycles. The number of nitrogen functional groups attached to an aromatic ring is 1. The van der Waals surface area contributed by atoms with Crippen molar-refractivity contribution >= 4 is 22.3 Å². The van der Waals surface area contributed by atoms with E-state index < -0.39 is 0 Å². The quantitative estimate of drug-likeness (QED) is 0.873. The summed E-state index contributed by atoms with van der Waals surface area (Å²) < 4.78 is 0. The molecule has 1 fully saturated rings. The highest BCUT2D eigenvalue weighted by Crippen LogP contribution is 2.44. The lowest BCUT2D eigenvalue weighted by atomic mass is 9.67. The van der Waals surface area contributed by atoms with Crippen LogP contribution < -0.4 is 11.1 Å². The molecule has 0 spiro atoms. The molecule has 3 N–H and O–H groups in total. The van der Waals surface area contributed by atoms with Gasteiger partial charge in [-0.2, -0.15) is 0 Å². The van der Waals surface area contributed by atoms with Crippen molar-refractivity contribution in [3.8, 4) is 0 Å². The fourth-order valence-electron chi connectivity index (χ4n) is 2.96. The zero-order valence-corrected chi connectivity index (χ0v) is 11.4. The predicted molar refractivity (Wildman–Crippen MR) is 81.2 cm³/mol. The van der Waals surface area contributed by atoms with Crippen LogP contribution in [0.1, 0.15) is 32.6 Å². The molecule has 0 amide bonds. The van der Waals surface area contributed by atoms with Crippen molar-refractivity contribution in [2.24, 2.45) is 5.41 Å². The van der Waals surface area contributed by atoms with Crippen LogP contribution in [0.15, 0.2) is 30.5 Å². The summed E-state index contributed by atoms with van der Waals surface area (Å²) in [5.41, 5.74) is 9.36. The zero-order chi connectivity index (χ0) is 13.3. The first-order chi connectivity index (χ1) is 9.24. The van der Waals surface area contributed by atoms with Gasteiger partial charge < -0.3 is 11.1 Å². The van der Waals surface area contributed by atoms with E-state index in [4.69, 9.17) is 5.73 Å². The molecule has 0 aliphatic heterocycles. The Kier molecular flexibility index (Phi) is 3.05. The summed E-state index contributed by atoms with van der Waals surface area (Å²) in [6, 6.07) is 8.15. The lowest BCUT2D eigenvalue weighted by molar-refractivity contribution is 0.145. The molecule has 100 valence electrons. The van der Waals surface area contributed by atoms with Crippen LogP contribution >= 0.6 is 0 Å². The standard InChI is InChI=1S/C16H21N3/c1-2-16(8-5-9-16)11-19-15-12-6-3-4-7-14(12)18-10-13(15)17/h3-4,6-7,10H,2,5,8-9,11,17H2,1H3,(H,18,19). The van der Waals surface area contributed by atoms with Crippen molar-refractivity contribution in [1.82, 2.24) is 4.98 Å². The number of benzene rings is 1. The summed E-state index contributed by atoms with van der Waals surface area (Å²) in [5.74, 6) is 0. The van der Waals surface area contributed by atoms with Gasteiger partial charge in [0.2, 0.25) is 0 Å². The van der Waals surface area contributed by atoms with Crippen molar-refractivity contribution in [1.29, 1.82) is 0 Å². The molecule has 0 bridgehead atoms. The number of pyridine rings is 1. The number of fused-ring (bicyclic) bond motifs is 1. The third-order valence-electron chi connectivity index (χ3n) is 4.61. The van der Waals surface area contributed by atoms with Crippen LogP contribution in [0.25, 0.3) is 10.9 Å². The number of hydrogen-bond acceptors (Lipinski definition) is 3. The van der Waals surface area contributed by atoms with Crippen molar-refractivity contribution in [3.05, 3.63) is 30.5 Å². The zero-order valence-electron chi connectivity index (χ0n) is 11.4. The maximum Gasteiger partial charge on any atom is 0.0743 e. The van der Waals surface area contributed by atoms with Gasteiger partial charge in [-0.05, 0) is 30.7 Å². The van der Waals surface area contributed by atoms with Crippen LogP contribution in [0.5, 0.6) is 0 Å². The Hall–Kier alpha value is -1.77. The van der Waals surface area contributed by atoms with E-state index in [2.05, 4.69) is 23.3 Å². The third-order valence-corrected chi connectivity index (χ3v) is 4.61. The smallest absolute Gasteiger partial charge is 0.0743 e. The number of para-hydroxylation sites is 1. The van der Waals surface area contributed by atoms with Gasteiger partial charge >= 0.3 is 0 Å². The normalized spacial score (nSPS) is 17.1. The summed E-state index contributed by atoms with van der Waals surface area (Å²) in [6.07, 6.45) is 7.02. The van der Waals surface area contributed by atoms with Crippen molar-refractivity contribution in [2.45, 2.75) is 32.6 Å². The Morgan fingerprint density at radius 1 is 1.32 bits per heavy atom. The Labute approximate surface area is 114 Å². The molecule has 1 aromatic carbocycles. The first-order valence-electron chi connectivity index (χ1n) is 7.11. The van der Waals surface area contributed by atoms with E-state index in [-0.39, 0.29) is 0 Å². The number of nitrogens with two attached hydrogens (primary N) is 1. The van der Waals surface area contributed by atoms with Gasteiger partial charge in [-0.25, -0.2) is 0 Å². The summed E-state index contributed by atoms with van der Waals surface area (Å²) in [7, 11) is 0. The van der Waals surface area contributed by atoms with E-state index in [0.717, 1.165) is 28.8 Å². The molecular formula is C16H21N3. The van der Waals surface area contributed by atoms with Crippen LogP contribution in [0, 0.1) is 5.41 Å². The fraction of sp³-hybridized carbons (Fsp3) is 0.438. The monoisotopic (exact) mass is 255 g/mol. The Balaban J connectivity index is 1.89. The minimum atomic E-state index is 0.483. The Morgan fingerprint density at radius 2 is 2.11 bits per heavy atom. The molecule has 19 heavy (non-hydrogen) atoms. The number of aromatic nitrogens is 1. The minimum absolute atomic E-state index is 0.483. The summed E-state index contributed by atoms with van der Waals surface area (Å²) in [4.78, 5) is 4.38. The van der Waals surface area contributed by atoms with Gasteiger partial charge in [-0.15, -0.1) is 0 Å². The summed E-state index contributed by atoms with van der Waals surface area (Å²) >= 11 is 0. The maximum atomic E-state index is 6.09. The molecule has 3 nitrogen and oxygen atoms in total. The second-order valence-electron chi connectivity index (χ2n) is 5.67. The number of hydrogen-bond donors (Lipinski definition) is 2. The van der Waals surface area contributed by atoms with Gasteiger partial charge in [-0.1, -0.05) is 31.5 Å². The molecule has 0 unspecified atom stereocenters. The molecule has 1 aromatic heterocycles. The van der Waals surface area contributed by atoms with E-state index in [0.29, 0.717) is 5.41 Å². The highest BCUT2D eigenvalue weighted by Gasteiger charge is 2.34. The van der Waals surface area contributed by atoms with Gasteiger partial charge in [-0.3, -0.25) is 4.98 Å². The van der Waals surface area contributed by atoms with E-state index in [9.17, 15) is 0 Å². The SMILES string of the molecule is CCC1(CNc2c(N)cnc3ccccc23)CCC1. The number of nitrogens with zero attached hydrogens (tertiary/aromatic N) is 1. The highest BCUT2D eigenvalue weighted by atomic mass is 14.9. The molecule has 1 aliphatic rings. The lowest BCUT2D eigenvalue weighted by Gasteiger charge is -2.41. The molecule has 0 atom stereocenters. The van der Waals surface area contributed by atoms with Gasteiger partial charge in [0.25, 0.3) is 0 Å². The van der Waals surface area contributed by atoms with Crippen LogP contribution in [0.4, 0.5) is 11.4 Å². The first-order valence-corrected chi connectivity index (χ1v) is 7.11. The Morgan fingerprint density at radius 3 is 2.79 bits per heavy atom. The van der Waals surface area contributed by atoms with Crippen molar-refractivity contribution < 1.29 is 0 Å². The van der Waals surface area contributed by atoms with Gasteiger partial charge in [0.1, 0.15) is 0 Å². The molecule has 0 saturated heterocycles. The molecule has 0 radical (unpaired) electrons.